The molecule has 1 heterocycles. The van der Waals surface area contributed by atoms with Crippen molar-refractivity contribution < 1.29 is 4.52 Å². The zero-order valence-corrected chi connectivity index (χ0v) is 7.55. The molecule has 0 radical (unpaired) electrons. The number of nitrogens with zero attached hydrogens (tertiary/aromatic N) is 1. The summed E-state index contributed by atoms with van der Waals surface area (Å²) in [4.78, 5) is 4.20. The van der Waals surface area contributed by atoms with Crippen LogP contribution in [0.3, 0.4) is 0 Å². The normalized spacial score (nSPS) is 10.1. The zero-order valence-electron chi connectivity index (χ0n) is 6.40. The van der Waals surface area contributed by atoms with Crippen LogP contribution in [0.2, 0.25) is 0 Å². The van der Waals surface area contributed by atoms with Crippen molar-refractivity contribution in [1.82, 2.24) is 4.98 Å². The van der Waals surface area contributed by atoms with Crippen LogP contribution in [0.5, 0.6) is 5.75 Å². The van der Waals surface area contributed by atoms with E-state index in [1.54, 1.807) is 6.20 Å². The molecule has 1 atom stereocenters. The first-order valence-corrected chi connectivity index (χ1v) is 4.09. The third-order valence-corrected chi connectivity index (χ3v) is 1.99. The van der Waals surface area contributed by atoms with E-state index < -0.39 is 0 Å². The molecule has 3 heteroatoms. The second-order valence-electron chi connectivity index (χ2n) is 2.44. The van der Waals surface area contributed by atoms with E-state index in [0.717, 1.165) is 16.7 Å². The van der Waals surface area contributed by atoms with Crippen molar-refractivity contribution in [3.63, 3.8) is 0 Å². The van der Waals surface area contributed by atoms with Crippen LogP contribution in [-0.4, -0.2) is 4.98 Å². The monoisotopic (exact) mass is 177 g/mol. The highest BCUT2D eigenvalue weighted by molar-refractivity contribution is 7.10. The van der Waals surface area contributed by atoms with E-state index in [-0.39, 0.29) is 0 Å². The minimum Gasteiger partial charge on any atom is -0.480 e. The highest BCUT2D eigenvalue weighted by Crippen LogP contribution is 2.24. The smallest absolute Gasteiger partial charge is 0.133 e. The Labute approximate surface area is 72.9 Å². The summed E-state index contributed by atoms with van der Waals surface area (Å²) in [5, 5.41) is 1.04. The Bertz CT molecular complexity index is 397. The number of rotatable bonds is 1. The van der Waals surface area contributed by atoms with Crippen LogP contribution < -0.4 is 4.52 Å². The molecule has 0 spiro atoms. The van der Waals surface area contributed by atoms with E-state index in [1.165, 1.54) is 0 Å². The lowest BCUT2D eigenvalue weighted by atomic mass is 10.2. The molecular formula is C9H8NOP. The quantitative estimate of drug-likeness (QED) is 0.624. The van der Waals surface area contributed by atoms with Crippen molar-refractivity contribution in [2.75, 3.05) is 0 Å². The highest BCUT2D eigenvalue weighted by atomic mass is 31.0. The van der Waals surface area contributed by atoms with Gasteiger partial charge in [-0.25, -0.2) is 0 Å². The largest absolute Gasteiger partial charge is 0.480 e. The molecular weight excluding hydrogens is 169 g/mol. The first kappa shape index (κ1) is 7.51. The fourth-order valence-corrected chi connectivity index (χ4v) is 1.38. The van der Waals surface area contributed by atoms with Crippen LogP contribution in [0, 0.1) is 0 Å². The summed E-state index contributed by atoms with van der Waals surface area (Å²) in [6.07, 6.45) is 1.74. The summed E-state index contributed by atoms with van der Waals surface area (Å²) in [5.74, 6) is 0.839. The predicted octanol–water partition coefficient (Wildman–Crippen LogP) is 2.40. The molecule has 2 nitrogen and oxygen atoms in total. The van der Waals surface area contributed by atoms with Gasteiger partial charge in [0.2, 0.25) is 0 Å². The number of fused-ring (bicyclic) bond motifs is 1. The van der Waals surface area contributed by atoms with E-state index in [9.17, 15) is 0 Å². The molecule has 0 fully saturated rings. The second kappa shape index (κ2) is 3.08. The summed E-state index contributed by atoms with van der Waals surface area (Å²) < 4.78 is 5.10. The Kier molecular flexibility index (Phi) is 1.92. The fraction of sp³-hybridized carbons (Fsp3) is 0. The number of aromatic nitrogens is 1. The maximum Gasteiger partial charge on any atom is 0.133 e. The van der Waals surface area contributed by atoms with Gasteiger partial charge in [-0.3, -0.25) is 4.98 Å². The van der Waals surface area contributed by atoms with Crippen molar-refractivity contribution in [2.45, 2.75) is 0 Å². The Morgan fingerprint density at radius 2 is 2.00 bits per heavy atom. The summed E-state index contributed by atoms with van der Waals surface area (Å²) in [6.45, 7) is 0. The van der Waals surface area contributed by atoms with Gasteiger partial charge in [-0.1, -0.05) is 12.1 Å². The highest BCUT2D eigenvalue weighted by Gasteiger charge is 1.98. The number of benzene rings is 1. The van der Waals surface area contributed by atoms with Gasteiger partial charge >= 0.3 is 0 Å². The number of pyridine rings is 1. The zero-order chi connectivity index (χ0) is 8.39. The molecule has 0 amide bonds. The molecule has 2 aromatic rings. The van der Waals surface area contributed by atoms with Gasteiger partial charge < -0.3 is 4.52 Å². The fourth-order valence-electron chi connectivity index (χ4n) is 1.17. The van der Waals surface area contributed by atoms with Gasteiger partial charge in [0, 0.05) is 11.6 Å². The van der Waals surface area contributed by atoms with Crippen molar-refractivity contribution in [3.8, 4) is 5.75 Å². The Morgan fingerprint density at radius 1 is 1.17 bits per heavy atom. The molecule has 2 rings (SSSR count). The van der Waals surface area contributed by atoms with Crippen LogP contribution in [0.25, 0.3) is 10.9 Å². The maximum atomic E-state index is 5.10. The summed E-state index contributed by atoms with van der Waals surface area (Å²) >= 11 is 0. The molecule has 0 saturated carbocycles. The SMILES string of the molecule is POc1ccnc2ccccc12. The number of hydrogen-bond acceptors (Lipinski definition) is 2. The van der Waals surface area contributed by atoms with Crippen molar-refractivity contribution in [1.29, 1.82) is 0 Å². The van der Waals surface area contributed by atoms with E-state index in [1.807, 2.05) is 30.3 Å². The number of hydrogen-bond donors (Lipinski definition) is 0. The van der Waals surface area contributed by atoms with E-state index in [0.29, 0.717) is 0 Å². The molecule has 1 unspecified atom stereocenters. The van der Waals surface area contributed by atoms with Gasteiger partial charge in [0.05, 0.1) is 15.0 Å². The third kappa shape index (κ3) is 1.15. The average molecular weight is 177 g/mol. The Balaban J connectivity index is 2.79. The lowest BCUT2D eigenvalue weighted by Gasteiger charge is -2.02. The van der Waals surface area contributed by atoms with Crippen LogP contribution in [0.4, 0.5) is 0 Å². The summed E-state index contributed by atoms with van der Waals surface area (Å²) in [7, 11) is 2.24. The predicted molar refractivity (Wildman–Crippen MR) is 52.1 cm³/mol. The molecule has 1 aromatic heterocycles. The summed E-state index contributed by atoms with van der Waals surface area (Å²) in [6, 6.07) is 9.72. The van der Waals surface area contributed by atoms with Crippen molar-refractivity contribution >= 4 is 20.4 Å². The van der Waals surface area contributed by atoms with Crippen LogP contribution in [0.1, 0.15) is 0 Å². The average Bonchev–Trinajstić information content (AvgIpc) is 2.17. The Hall–Kier alpha value is -1.14. The van der Waals surface area contributed by atoms with Gasteiger partial charge in [0.15, 0.2) is 0 Å². The minimum atomic E-state index is 0.839. The van der Waals surface area contributed by atoms with E-state index >= 15 is 0 Å². The molecule has 60 valence electrons. The molecule has 0 aliphatic rings. The standard InChI is InChI=1S/C9H8NOP/c12-11-9-5-6-10-8-4-2-1-3-7(8)9/h1-6H,12H2. The van der Waals surface area contributed by atoms with Gasteiger partial charge in [-0.05, 0) is 18.2 Å². The van der Waals surface area contributed by atoms with Gasteiger partial charge in [0.1, 0.15) is 5.75 Å². The molecule has 12 heavy (non-hydrogen) atoms. The lowest BCUT2D eigenvalue weighted by Crippen LogP contribution is -1.80. The second-order valence-corrected chi connectivity index (χ2v) is 2.68. The Morgan fingerprint density at radius 3 is 2.83 bits per heavy atom. The third-order valence-electron chi connectivity index (χ3n) is 1.74. The molecule has 0 bridgehead atoms. The lowest BCUT2D eigenvalue weighted by molar-refractivity contribution is 0.653. The summed E-state index contributed by atoms with van der Waals surface area (Å²) in [5.41, 5.74) is 0.956. The molecule has 0 N–H and O–H groups in total. The van der Waals surface area contributed by atoms with Crippen molar-refractivity contribution in [3.05, 3.63) is 36.5 Å². The first-order valence-electron chi connectivity index (χ1n) is 3.62. The van der Waals surface area contributed by atoms with Gasteiger partial charge in [-0.2, -0.15) is 0 Å². The molecule has 0 aliphatic heterocycles. The first-order chi connectivity index (χ1) is 5.92. The molecule has 1 aromatic carbocycles. The minimum absolute atomic E-state index is 0.839. The topological polar surface area (TPSA) is 22.1 Å². The van der Waals surface area contributed by atoms with E-state index in [4.69, 9.17) is 4.52 Å². The van der Waals surface area contributed by atoms with Gasteiger partial charge in [-0.15, -0.1) is 0 Å². The molecule has 0 saturated heterocycles. The maximum absolute atomic E-state index is 5.10. The van der Waals surface area contributed by atoms with E-state index in [2.05, 4.69) is 14.5 Å². The van der Waals surface area contributed by atoms with Crippen molar-refractivity contribution in [2.24, 2.45) is 0 Å². The van der Waals surface area contributed by atoms with Crippen LogP contribution in [0.15, 0.2) is 36.5 Å². The van der Waals surface area contributed by atoms with Crippen LogP contribution >= 0.6 is 9.47 Å². The van der Waals surface area contributed by atoms with Gasteiger partial charge in [0.25, 0.3) is 0 Å². The molecule has 0 aliphatic carbocycles. The van der Waals surface area contributed by atoms with Crippen LogP contribution in [-0.2, 0) is 0 Å². The number of para-hydroxylation sites is 1.